The molecule has 17 heavy (non-hydrogen) atoms. The minimum Gasteiger partial charge on any atom is -0.468 e. The number of halogens is 1. The number of hydrogen-bond acceptors (Lipinski definition) is 3. The fraction of sp³-hybridized carbons (Fsp3) is 0.167. The van der Waals surface area contributed by atoms with Crippen LogP contribution in [0, 0.1) is 0 Å². The minimum absolute atomic E-state index is 0.0102. The second-order valence-corrected chi connectivity index (χ2v) is 3.86. The van der Waals surface area contributed by atoms with E-state index in [4.69, 9.17) is 11.6 Å². The highest BCUT2D eigenvalue weighted by molar-refractivity contribution is 6.34. The Kier molecular flexibility index (Phi) is 3.15. The van der Waals surface area contributed by atoms with E-state index < -0.39 is 5.97 Å². The minimum atomic E-state index is -0.412. The molecule has 2 aromatic rings. The molecule has 0 spiro atoms. The van der Waals surface area contributed by atoms with E-state index in [0.29, 0.717) is 11.8 Å². The molecule has 0 bridgehead atoms. The third kappa shape index (κ3) is 1.91. The maximum absolute atomic E-state index is 11.3. The van der Waals surface area contributed by atoms with E-state index in [1.54, 1.807) is 16.7 Å². The number of carbonyl (C=O) groups excluding carboxylic acids is 2. The van der Waals surface area contributed by atoms with Crippen LogP contribution < -0.4 is 0 Å². The molecule has 4 nitrogen and oxygen atoms in total. The summed E-state index contributed by atoms with van der Waals surface area (Å²) in [6.07, 6.45) is 0.693. The van der Waals surface area contributed by atoms with Crippen molar-refractivity contribution in [3.63, 3.8) is 0 Å². The fourth-order valence-electron chi connectivity index (χ4n) is 1.76. The number of hydrogen-bond donors (Lipinski definition) is 0. The molecule has 1 aromatic heterocycles. The first kappa shape index (κ1) is 11.7. The number of nitrogens with zero attached hydrogens (tertiary/aromatic N) is 1. The zero-order valence-corrected chi connectivity index (χ0v) is 9.90. The topological polar surface area (TPSA) is 48.3 Å². The van der Waals surface area contributed by atoms with Gasteiger partial charge in [0.1, 0.15) is 11.7 Å². The number of rotatable bonds is 3. The summed E-state index contributed by atoms with van der Waals surface area (Å²) in [4.78, 5) is 22.3. The molecule has 1 heterocycles. The van der Waals surface area contributed by atoms with Gasteiger partial charge in [0.25, 0.3) is 0 Å². The largest absolute Gasteiger partial charge is 0.468 e. The first-order chi connectivity index (χ1) is 8.19. The summed E-state index contributed by atoms with van der Waals surface area (Å²) in [7, 11) is 1.31. The number of methoxy groups -OCH3 is 1. The van der Waals surface area contributed by atoms with Crippen molar-refractivity contribution < 1.29 is 14.3 Å². The molecule has 0 saturated carbocycles. The van der Waals surface area contributed by atoms with E-state index in [2.05, 4.69) is 4.74 Å². The summed E-state index contributed by atoms with van der Waals surface area (Å²) < 4.78 is 6.16. The van der Waals surface area contributed by atoms with Gasteiger partial charge in [-0.15, -0.1) is 0 Å². The van der Waals surface area contributed by atoms with Crippen molar-refractivity contribution in [1.82, 2.24) is 4.57 Å². The normalized spacial score (nSPS) is 10.5. The maximum Gasteiger partial charge on any atom is 0.325 e. The van der Waals surface area contributed by atoms with Gasteiger partial charge in [0, 0.05) is 5.39 Å². The molecule has 0 fully saturated rings. The Hall–Kier alpha value is -1.81. The summed E-state index contributed by atoms with van der Waals surface area (Å²) in [5.41, 5.74) is 1.14. The van der Waals surface area contributed by atoms with E-state index in [1.165, 1.54) is 7.11 Å². The Bertz CT molecular complexity index is 589. The smallest absolute Gasteiger partial charge is 0.325 e. The van der Waals surface area contributed by atoms with Crippen LogP contribution >= 0.6 is 11.6 Å². The van der Waals surface area contributed by atoms with Gasteiger partial charge in [-0.05, 0) is 6.07 Å². The number of aldehydes is 1. The van der Waals surface area contributed by atoms with E-state index >= 15 is 0 Å². The molecule has 2 rings (SSSR count). The van der Waals surface area contributed by atoms with Gasteiger partial charge in [0.2, 0.25) is 0 Å². The number of fused-ring (bicyclic) bond motifs is 1. The second-order valence-electron chi connectivity index (χ2n) is 3.50. The standard InChI is InChI=1S/C12H10ClNO3/c1-17-11(16)6-14-10-5-3-2-4-8(10)9(7-15)12(14)13/h2-5,7H,6H2,1H3. The predicted molar refractivity (Wildman–Crippen MR) is 64.4 cm³/mol. The highest BCUT2D eigenvalue weighted by Gasteiger charge is 2.16. The Labute approximate surface area is 103 Å². The van der Waals surface area contributed by atoms with Crippen LogP contribution in [0.4, 0.5) is 0 Å². The molecule has 0 unspecified atom stereocenters. The van der Waals surface area contributed by atoms with Crippen LogP contribution in [-0.2, 0) is 16.1 Å². The van der Waals surface area contributed by atoms with E-state index in [-0.39, 0.29) is 11.7 Å². The van der Waals surface area contributed by atoms with Crippen molar-refractivity contribution in [2.75, 3.05) is 7.11 Å². The molecular weight excluding hydrogens is 242 g/mol. The Morgan fingerprint density at radius 1 is 1.47 bits per heavy atom. The molecule has 0 aliphatic carbocycles. The summed E-state index contributed by atoms with van der Waals surface area (Å²) >= 11 is 6.08. The molecule has 0 radical (unpaired) electrons. The molecule has 0 N–H and O–H groups in total. The van der Waals surface area contributed by atoms with E-state index in [9.17, 15) is 9.59 Å². The SMILES string of the molecule is COC(=O)Cn1c(Cl)c(C=O)c2ccccc21. The lowest BCUT2D eigenvalue weighted by molar-refractivity contribution is -0.141. The number of ether oxygens (including phenoxy) is 1. The van der Waals surface area contributed by atoms with Crippen molar-refractivity contribution in [2.24, 2.45) is 0 Å². The predicted octanol–water partition coefficient (Wildman–Crippen LogP) is 2.28. The molecule has 5 heteroatoms. The molecule has 0 amide bonds. The molecular formula is C12H10ClNO3. The van der Waals surface area contributed by atoms with Crippen molar-refractivity contribution in [1.29, 1.82) is 0 Å². The molecule has 0 atom stereocenters. The first-order valence-electron chi connectivity index (χ1n) is 4.97. The molecule has 1 aromatic carbocycles. The van der Waals surface area contributed by atoms with E-state index in [0.717, 1.165) is 10.9 Å². The molecule has 0 aliphatic heterocycles. The van der Waals surface area contributed by atoms with Gasteiger partial charge in [-0.1, -0.05) is 29.8 Å². The number of para-hydroxylation sites is 1. The number of benzene rings is 1. The van der Waals surface area contributed by atoms with Gasteiger partial charge in [-0.3, -0.25) is 9.59 Å². The van der Waals surface area contributed by atoms with Crippen LogP contribution in [-0.4, -0.2) is 23.9 Å². The summed E-state index contributed by atoms with van der Waals surface area (Å²) in [6.45, 7) is -0.0102. The van der Waals surface area contributed by atoms with Crippen LogP contribution in [0.15, 0.2) is 24.3 Å². The van der Waals surface area contributed by atoms with Crippen molar-refractivity contribution in [2.45, 2.75) is 6.54 Å². The zero-order chi connectivity index (χ0) is 12.4. The summed E-state index contributed by atoms with van der Waals surface area (Å²) in [6, 6.07) is 7.23. The van der Waals surface area contributed by atoms with Gasteiger partial charge in [0.15, 0.2) is 6.29 Å². The fourth-order valence-corrected chi connectivity index (χ4v) is 2.06. The Morgan fingerprint density at radius 2 is 2.18 bits per heavy atom. The van der Waals surface area contributed by atoms with Gasteiger partial charge >= 0.3 is 5.97 Å². The quantitative estimate of drug-likeness (QED) is 0.621. The van der Waals surface area contributed by atoms with Crippen LogP contribution in [0.3, 0.4) is 0 Å². The van der Waals surface area contributed by atoms with Crippen molar-refractivity contribution in [3.8, 4) is 0 Å². The van der Waals surface area contributed by atoms with Crippen LogP contribution in [0.5, 0.6) is 0 Å². The van der Waals surface area contributed by atoms with Crippen LogP contribution in [0.2, 0.25) is 5.15 Å². The summed E-state index contributed by atoms with van der Waals surface area (Å²) in [5, 5.41) is 0.989. The van der Waals surface area contributed by atoms with Gasteiger partial charge < -0.3 is 9.30 Å². The average molecular weight is 252 g/mol. The van der Waals surface area contributed by atoms with Gasteiger partial charge in [-0.25, -0.2) is 0 Å². The Balaban J connectivity index is 2.65. The third-order valence-electron chi connectivity index (χ3n) is 2.58. The van der Waals surface area contributed by atoms with E-state index in [1.807, 2.05) is 12.1 Å². The number of carbonyl (C=O) groups is 2. The van der Waals surface area contributed by atoms with Gasteiger partial charge in [0.05, 0.1) is 18.2 Å². The lowest BCUT2D eigenvalue weighted by Gasteiger charge is -2.04. The average Bonchev–Trinajstić information content (AvgIpc) is 2.62. The van der Waals surface area contributed by atoms with Crippen molar-refractivity contribution >= 4 is 34.8 Å². The highest BCUT2D eigenvalue weighted by Crippen LogP contribution is 2.28. The maximum atomic E-state index is 11.3. The van der Waals surface area contributed by atoms with Crippen LogP contribution in [0.1, 0.15) is 10.4 Å². The first-order valence-corrected chi connectivity index (χ1v) is 5.35. The monoisotopic (exact) mass is 251 g/mol. The third-order valence-corrected chi connectivity index (χ3v) is 2.98. The lowest BCUT2D eigenvalue weighted by Crippen LogP contribution is -2.11. The molecule has 0 aliphatic rings. The Morgan fingerprint density at radius 3 is 2.82 bits per heavy atom. The molecule has 88 valence electrons. The summed E-state index contributed by atoms with van der Waals surface area (Å²) in [5.74, 6) is -0.412. The lowest BCUT2D eigenvalue weighted by atomic mass is 10.2. The highest BCUT2D eigenvalue weighted by atomic mass is 35.5. The van der Waals surface area contributed by atoms with Gasteiger partial charge in [-0.2, -0.15) is 0 Å². The number of esters is 1. The number of aromatic nitrogens is 1. The molecule has 0 saturated heterocycles. The van der Waals surface area contributed by atoms with Crippen molar-refractivity contribution in [3.05, 3.63) is 35.0 Å². The second kappa shape index (κ2) is 4.59. The zero-order valence-electron chi connectivity index (χ0n) is 9.14. The van der Waals surface area contributed by atoms with Crippen LogP contribution in [0.25, 0.3) is 10.9 Å².